The number of likely N-dealkylation sites (N-methyl/N-ethyl adjacent to an activating group) is 1. The fourth-order valence-electron chi connectivity index (χ4n) is 10.8. The van der Waals surface area contributed by atoms with Crippen LogP contribution in [0.4, 0.5) is 0 Å². The number of nitrogens with zero attached hydrogens (tertiary/aromatic N) is 1. The average Bonchev–Trinajstić information content (AvgIpc) is 3.41. The number of carbonyl (C=O) groups is 1. The van der Waals surface area contributed by atoms with Crippen LogP contribution < -0.4 is 5.32 Å². The van der Waals surface area contributed by atoms with Gasteiger partial charge in [-0.05, 0) is 32.1 Å². The first kappa shape index (κ1) is 77.0. The second-order valence-corrected chi connectivity index (χ2v) is 26.7. The van der Waals surface area contributed by atoms with Gasteiger partial charge in [-0.15, -0.1) is 0 Å². The predicted octanol–water partition coefficient (Wildman–Crippen LogP) is 21.9. The Morgan fingerprint density at radius 3 is 1.03 bits per heavy atom. The zero-order chi connectivity index (χ0) is 57.0. The summed E-state index contributed by atoms with van der Waals surface area (Å²) in [5.41, 5.74) is 0. The molecule has 78 heavy (non-hydrogen) atoms. The molecule has 0 aromatic carbocycles. The van der Waals surface area contributed by atoms with Crippen molar-refractivity contribution < 1.29 is 32.9 Å². The third-order valence-electron chi connectivity index (χ3n) is 16.2. The molecule has 3 atom stereocenters. The largest absolute Gasteiger partial charge is 0.472 e. The number of rotatable bonds is 65. The Bertz CT molecular complexity index is 1320. The highest BCUT2D eigenvalue weighted by atomic mass is 31.2. The van der Waals surface area contributed by atoms with E-state index in [1.54, 1.807) is 6.08 Å². The number of allylic oxidation sites excluding steroid dienone is 3. The Morgan fingerprint density at radius 2 is 0.705 bits per heavy atom. The van der Waals surface area contributed by atoms with Crippen molar-refractivity contribution >= 4 is 13.7 Å². The summed E-state index contributed by atoms with van der Waals surface area (Å²) in [6, 6.07) is -0.862. The number of phosphoric acid groups is 1. The summed E-state index contributed by atoms with van der Waals surface area (Å²) < 4.78 is 23.8. The molecule has 0 radical (unpaired) electrons. The van der Waals surface area contributed by atoms with Crippen LogP contribution in [0.3, 0.4) is 0 Å². The summed E-state index contributed by atoms with van der Waals surface area (Å²) in [5.74, 6) is -0.178. The lowest BCUT2D eigenvalue weighted by molar-refractivity contribution is -0.870. The third-order valence-corrected chi connectivity index (χ3v) is 17.2. The summed E-state index contributed by atoms with van der Waals surface area (Å²) in [7, 11) is 1.57. The SMILES string of the molecule is CCCCCCCCCCCCCCCCCCCCCCCCCCCC/C=C/CC/C=C/C(O)C(COP(=O)(O)OCC[N+](C)(C)C)NC(=O)CCCCCCCCCCCCCCCCCCCCCCCCCC. The molecule has 0 aromatic heterocycles. The van der Waals surface area contributed by atoms with Crippen LogP contribution in [0.2, 0.25) is 0 Å². The van der Waals surface area contributed by atoms with Crippen LogP contribution in [-0.4, -0.2) is 73.4 Å². The Kier molecular flexibility index (Phi) is 59.8. The molecule has 0 saturated heterocycles. The molecule has 0 bridgehead atoms. The van der Waals surface area contributed by atoms with E-state index >= 15 is 0 Å². The normalized spacial score (nSPS) is 13.8. The van der Waals surface area contributed by atoms with Crippen molar-refractivity contribution in [3.05, 3.63) is 24.3 Å². The maximum atomic E-state index is 13.0. The van der Waals surface area contributed by atoms with Crippen LogP contribution in [0.25, 0.3) is 0 Å². The quantitative estimate of drug-likeness (QED) is 0.0243. The van der Waals surface area contributed by atoms with Gasteiger partial charge in [-0.1, -0.05) is 346 Å². The predicted molar refractivity (Wildman–Crippen MR) is 342 cm³/mol. The van der Waals surface area contributed by atoms with E-state index in [0.717, 1.165) is 38.5 Å². The molecule has 0 aliphatic rings. The van der Waals surface area contributed by atoms with E-state index < -0.39 is 20.0 Å². The molecule has 0 heterocycles. The van der Waals surface area contributed by atoms with E-state index in [1.807, 2.05) is 27.2 Å². The first-order valence-corrected chi connectivity index (χ1v) is 36.2. The first-order valence-electron chi connectivity index (χ1n) is 34.7. The van der Waals surface area contributed by atoms with Crippen molar-refractivity contribution in [2.75, 3.05) is 40.9 Å². The van der Waals surface area contributed by atoms with Gasteiger partial charge in [0.1, 0.15) is 13.2 Å². The molecule has 0 spiro atoms. The highest BCUT2D eigenvalue weighted by molar-refractivity contribution is 7.47. The molecule has 464 valence electrons. The molecule has 1 amide bonds. The standard InChI is InChI=1S/C69H137N2O6P/c1-6-8-10-12-14-16-18-20-22-24-26-28-30-32-33-34-35-36-37-38-39-40-42-44-46-48-50-52-54-56-58-60-62-68(72)67(66-77-78(74,75)76-65-64-71(3,4)5)70-69(73)63-61-59-57-55-53-51-49-47-45-43-41-31-29-27-25-23-21-19-17-15-13-11-9-7-2/h52,54,60,62,67-68,72H,6-51,53,55-59,61,63-66H2,1-5H3,(H-,70,73,74,75)/p+1/b54-52+,62-60+. The fraction of sp³-hybridized carbons (Fsp3) is 0.928. The Labute approximate surface area is 487 Å². The molecule has 0 rings (SSSR count). The lowest BCUT2D eigenvalue weighted by Gasteiger charge is -2.25. The van der Waals surface area contributed by atoms with Gasteiger partial charge in [0.05, 0.1) is 39.9 Å². The van der Waals surface area contributed by atoms with Crippen molar-refractivity contribution in [3.63, 3.8) is 0 Å². The van der Waals surface area contributed by atoms with Gasteiger partial charge in [-0.3, -0.25) is 13.8 Å². The smallest absolute Gasteiger partial charge is 0.387 e. The number of aliphatic hydroxyl groups excluding tert-OH is 1. The highest BCUT2D eigenvalue weighted by Crippen LogP contribution is 2.43. The Balaban J connectivity index is 4.07. The monoisotopic (exact) mass is 1120 g/mol. The van der Waals surface area contributed by atoms with Gasteiger partial charge >= 0.3 is 7.82 Å². The second-order valence-electron chi connectivity index (χ2n) is 25.3. The summed E-state index contributed by atoms with van der Waals surface area (Å²) in [5, 5.41) is 14.0. The lowest BCUT2D eigenvalue weighted by atomic mass is 10.0. The third kappa shape index (κ3) is 62.6. The van der Waals surface area contributed by atoms with Gasteiger partial charge in [-0.25, -0.2) is 4.57 Å². The number of hydrogen-bond donors (Lipinski definition) is 3. The fourth-order valence-corrected chi connectivity index (χ4v) is 11.5. The van der Waals surface area contributed by atoms with Crippen LogP contribution in [-0.2, 0) is 18.4 Å². The summed E-state index contributed by atoms with van der Waals surface area (Å²) in [4.78, 5) is 23.4. The lowest BCUT2D eigenvalue weighted by Crippen LogP contribution is -2.45. The molecule has 0 aliphatic heterocycles. The number of hydrogen-bond acceptors (Lipinski definition) is 5. The van der Waals surface area contributed by atoms with Crippen LogP contribution >= 0.6 is 7.82 Å². The average molecular weight is 1120 g/mol. The number of quaternary nitrogens is 1. The van der Waals surface area contributed by atoms with Gasteiger partial charge in [0.2, 0.25) is 5.91 Å². The molecular weight excluding hydrogens is 984 g/mol. The van der Waals surface area contributed by atoms with Gasteiger partial charge in [0, 0.05) is 6.42 Å². The zero-order valence-corrected chi connectivity index (χ0v) is 54.1. The highest BCUT2D eigenvalue weighted by Gasteiger charge is 2.28. The number of amides is 1. The summed E-state index contributed by atoms with van der Waals surface area (Å²) in [6.07, 6.45) is 79.1. The molecule has 3 N–H and O–H groups in total. The van der Waals surface area contributed by atoms with Crippen LogP contribution in [0.1, 0.15) is 361 Å². The van der Waals surface area contributed by atoms with Gasteiger partial charge < -0.3 is 19.8 Å². The Morgan fingerprint density at radius 1 is 0.423 bits per heavy atom. The molecular formula is C69H138N2O6P+. The van der Waals surface area contributed by atoms with E-state index in [4.69, 9.17) is 9.05 Å². The molecule has 9 heteroatoms. The topological polar surface area (TPSA) is 105 Å². The maximum Gasteiger partial charge on any atom is 0.472 e. The number of phosphoric ester groups is 1. The minimum Gasteiger partial charge on any atom is -0.387 e. The van der Waals surface area contributed by atoms with E-state index in [1.165, 1.54) is 302 Å². The van der Waals surface area contributed by atoms with Crippen molar-refractivity contribution in [1.82, 2.24) is 5.32 Å². The zero-order valence-electron chi connectivity index (χ0n) is 53.2. The molecule has 0 aliphatic carbocycles. The minimum absolute atomic E-state index is 0.0591. The number of unbranched alkanes of at least 4 members (excludes halogenated alkanes) is 50. The van der Waals surface area contributed by atoms with Crippen molar-refractivity contribution in [2.45, 2.75) is 373 Å². The van der Waals surface area contributed by atoms with Crippen LogP contribution in [0.15, 0.2) is 24.3 Å². The van der Waals surface area contributed by atoms with Gasteiger partial charge in [0.15, 0.2) is 0 Å². The van der Waals surface area contributed by atoms with Crippen LogP contribution in [0, 0.1) is 0 Å². The first-order chi connectivity index (χ1) is 38.0. The van der Waals surface area contributed by atoms with E-state index in [-0.39, 0.29) is 19.1 Å². The summed E-state index contributed by atoms with van der Waals surface area (Å²) in [6.45, 7) is 4.86. The molecule has 0 fully saturated rings. The summed E-state index contributed by atoms with van der Waals surface area (Å²) >= 11 is 0. The van der Waals surface area contributed by atoms with Gasteiger partial charge in [0.25, 0.3) is 0 Å². The van der Waals surface area contributed by atoms with Crippen molar-refractivity contribution in [1.29, 1.82) is 0 Å². The van der Waals surface area contributed by atoms with Crippen molar-refractivity contribution in [2.24, 2.45) is 0 Å². The van der Waals surface area contributed by atoms with Crippen LogP contribution in [0.5, 0.6) is 0 Å². The van der Waals surface area contributed by atoms with Crippen molar-refractivity contribution in [3.8, 4) is 0 Å². The number of carbonyl (C=O) groups excluding carboxylic acids is 1. The van der Waals surface area contributed by atoms with E-state index in [9.17, 15) is 19.4 Å². The van der Waals surface area contributed by atoms with E-state index in [0.29, 0.717) is 17.4 Å². The maximum absolute atomic E-state index is 13.0. The number of nitrogens with one attached hydrogen (secondary N) is 1. The molecule has 3 unspecified atom stereocenters. The molecule has 8 nitrogen and oxygen atoms in total. The molecule has 0 aromatic rings. The Hall–Kier alpha value is -1.02. The van der Waals surface area contributed by atoms with Gasteiger partial charge in [-0.2, -0.15) is 0 Å². The molecule has 0 saturated carbocycles. The second kappa shape index (κ2) is 60.6. The van der Waals surface area contributed by atoms with E-state index in [2.05, 4.69) is 31.3 Å². The number of aliphatic hydroxyl groups is 1. The minimum atomic E-state index is -4.36.